The maximum Gasteiger partial charge on any atom is 0.325 e. The zero-order valence-electron chi connectivity index (χ0n) is 12.3. The summed E-state index contributed by atoms with van der Waals surface area (Å²) in [4.78, 5) is 31.6. The summed E-state index contributed by atoms with van der Waals surface area (Å²) >= 11 is 5.86. The smallest absolute Gasteiger partial charge is 0.313 e. The number of nitrogens with one attached hydrogen (secondary N) is 1. The van der Waals surface area contributed by atoms with Crippen LogP contribution in [0.3, 0.4) is 0 Å². The molecule has 0 unspecified atom stereocenters. The van der Waals surface area contributed by atoms with Crippen molar-refractivity contribution in [2.24, 2.45) is 0 Å². The highest BCUT2D eigenvalue weighted by atomic mass is 35.5. The number of carbonyl (C=O) groups excluding carboxylic acids is 2. The molecular formula is C16H15ClN4O2. The summed E-state index contributed by atoms with van der Waals surface area (Å²) < 4.78 is 0. The van der Waals surface area contributed by atoms with Gasteiger partial charge >= 0.3 is 6.03 Å². The van der Waals surface area contributed by atoms with E-state index in [2.05, 4.69) is 10.3 Å². The summed E-state index contributed by atoms with van der Waals surface area (Å²) in [5.74, 6) is 0.203. The minimum atomic E-state index is -0.269. The number of halogens is 1. The van der Waals surface area contributed by atoms with Gasteiger partial charge in [0.15, 0.2) is 0 Å². The molecule has 0 atom stereocenters. The van der Waals surface area contributed by atoms with Gasteiger partial charge in [0, 0.05) is 30.0 Å². The molecule has 3 rings (SSSR count). The van der Waals surface area contributed by atoms with Gasteiger partial charge in [0.25, 0.3) is 0 Å². The van der Waals surface area contributed by atoms with Crippen molar-refractivity contribution in [3.8, 4) is 0 Å². The van der Waals surface area contributed by atoms with Crippen LogP contribution in [0.25, 0.3) is 0 Å². The van der Waals surface area contributed by atoms with Crippen LogP contribution in [0.1, 0.15) is 0 Å². The molecule has 0 spiro atoms. The van der Waals surface area contributed by atoms with Gasteiger partial charge in [-0.05, 0) is 36.4 Å². The largest absolute Gasteiger partial charge is 0.325 e. The second-order valence-electron chi connectivity index (χ2n) is 5.10. The number of hydrogen-bond donors (Lipinski definition) is 1. The fourth-order valence-electron chi connectivity index (χ4n) is 2.38. The fourth-order valence-corrected chi connectivity index (χ4v) is 2.51. The molecule has 1 saturated heterocycles. The van der Waals surface area contributed by atoms with Crippen molar-refractivity contribution in [2.75, 3.05) is 29.9 Å². The average molecular weight is 331 g/mol. The van der Waals surface area contributed by atoms with Crippen molar-refractivity contribution in [1.29, 1.82) is 0 Å². The summed E-state index contributed by atoms with van der Waals surface area (Å²) in [7, 11) is 0. The van der Waals surface area contributed by atoms with Gasteiger partial charge in [-0.25, -0.2) is 9.78 Å². The number of aromatic nitrogens is 1. The van der Waals surface area contributed by atoms with Crippen LogP contribution in [0.2, 0.25) is 5.02 Å². The molecule has 1 aromatic heterocycles. The van der Waals surface area contributed by atoms with Gasteiger partial charge in [0.05, 0.1) is 0 Å². The molecule has 0 bridgehead atoms. The Hall–Kier alpha value is -2.60. The van der Waals surface area contributed by atoms with Gasteiger partial charge in [-0.2, -0.15) is 0 Å². The van der Waals surface area contributed by atoms with Crippen LogP contribution in [0.5, 0.6) is 0 Å². The quantitative estimate of drug-likeness (QED) is 0.937. The Balaban J connectivity index is 1.61. The predicted octanol–water partition coefficient (Wildman–Crippen LogP) is 2.62. The topological polar surface area (TPSA) is 65.5 Å². The highest BCUT2D eigenvalue weighted by Gasteiger charge is 2.30. The Morgan fingerprint density at radius 3 is 2.65 bits per heavy atom. The molecule has 6 nitrogen and oxygen atoms in total. The zero-order valence-corrected chi connectivity index (χ0v) is 13.0. The van der Waals surface area contributed by atoms with Crippen molar-refractivity contribution in [3.63, 3.8) is 0 Å². The molecule has 1 fully saturated rings. The van der Waals surface area contributed by atoms with Crippen LogP contribution in [-0.2, 0) is 4.79 Å². The van der Waals surface area contributed by atoms with Gasteiger partial charge in [-0.15, -0.1) is 0 Å². The minimum Gasteiger partial charge on any atom is -0.313 e. The first-order valence-electron chi connectivity index (χ1n) is 7.16. The number of benzene rings is 1. The minimum absolute atomic E-state index is 0.000499. The SMILES string of the molecule is O=C(CN1CCN(c2ccc(Cl)cc2)C1=O)Nc1ccccn1. The molecular weight excluding hydrogens is 316 g/mol. The molecule has 2 aromatic rings. The van der Waals surface area contributed by atoms with Crippen LogP contribution in [0.15, 0.2) is 48.7 Å². The van der Waals surface area contributed by atoms with E-state index in [-0.39, 0.29) is 18.5 Å². The maximum absolute atomic E-state index is 12.4. The van der Waals surface area contributed by atoms with E-state index < -0.39 is 0 Å². The third-order valence-corrected chi connectivity index (χ3v) is 3.75. The molecule has 2 heterocycles. The van der Waals surface area contributed by atoms with E-state index in [4.69, 9.17) is 11.6 Å². The van der Waals surface area contributed by atoms with E-state index in [0.29, 0.717) is 23.9 Å². The van der Waals surface area contributed by atoms with Crippen molar-refractivity contribution in [1.82, 2.24) is 9.88 Å². The van der Waals surface area contributed by atoms with Crippen LogP contribution in [-0.4, -0.2) is 41.5 Å². The summed E-state index contributed by atoms with van der Waals surface area (Å²) in [6, 6.07) is 12.1. The normalized spacial score (nSPS) is 14.2. The highest BCUT2D eigenvalue weighted by molar-refractivity contribution is 6.30. The number of rotatable bonds is 4. The van der Waals surface area contributed by atoms with Gasteiger partial charge in [-0.1, -0.05) is 17.7 Å². The van der Waals surface area contributed by atoms with Crippen LogP contribution < -0.4 is 10.2 Å². The number of urea groups is 1. The van der Waals surface area contributed by atoms with Crippen molar-refractivity contribution in [2.45, 2.75) is 0 Å². The van der Waals surface area contributed by atoms with Crippen LogP contribution >= 0.6 is 11.6 Å². The second kappa shape index (κ2) is 6.66. The van der Waals surface area contributed by atoms with Gasteiger partial charge < -0.3 is 10.2 Å². The number of amides is 3. The Morgan fingerprint density at radius 2 is 1.96 bits per heavy atom. The molecule has 1 N–H and O–H groups in total. The van der Waals surface area contributed by atoms with Crippen molar-refractivity contribution >= 4 is 35.0 Å². The lowest BCUT2D eigenvalue weighted by Gasteiger charge is -2.18. The lowest BCUT2D eigenvalue weighted by atomic mass is 10.3. The molecule has 1 aliphatic rings. The Labute approximate surface area is 138 Å². The van der Waals surface area contributed by atoms with Crippen LogP contribution in [0, 0.1) is 0 Å². The fraction of sp³-hybridized carbons (Fsp3) is 0.188. The average Bonchev–Trinajstić information content (AvgIpc) is 2.90. The molecule has 3 amide bonds. The first-order valence-corrected chi connectivity index (χ1v) is 7.54. The second-order valence-corrected chi connectivity index (χ2v) is 5.53. The zero-order chi connectivity index (χ0) is 16.2. The van der Waals surface area contributed by atoms with E-state index in [0.717, 1.165) is 5.69 Å². The maximum atomic E-state index is 12.4. The number of hydrogen-bond acceptors (Lipinski definition) is 3. The predicted molar refractivity (Wildman–Crippen MR) is 88.6 cm³/mol. The first kappa shape index (κ1) is 15.3. The molecule has 0 radical (unpaired) electrons. The number of pyridine rings is 1. The third kappa shape index (κ3) is 3.60. The standard InChI is InChI=1S/C16H15ClN4O2/c17-12-4-6-13(7-5-12)21-10-9-20(16(21)23)11-15(22)19-14-3-1-2-8-18-14/h1-8H,9-11H2,(H,18,19,22). The Bertz CT molecular complexity index is 706. The van der Waals surface area contributed by atoms with Crippen molar-refractivity contribution in [3.05, 3.63) is 53.7 Å². The van der Waals surface area contributed by atoms with E-state index in [1.165, 1.54) is 4.90 Å². The summed E-state index contributed by atoms with van der Waals surface area (Å²) in [6.07, 6.45) is 1.60. The molecule has 23 heavy (non-hydrogen) atoms. The first-order chi connectivity index (χ1) is 11.1. The Kier molecular flexibility index (Phi) is 4.43. The van der Waals surface area contributed by atoms with Gasteiger partial charge in [-0.3, -0.25) is 9.69 Å². The molecule has 1 aliphatic heterocycles. The molecule has 118 valence electrons. The van der Waals surface area contributed by atoms with E-state index in [9.17, 15) is 9.59 Å². The van der Waals surface area contributed by atoms with E-state index in [1.807, 2.05) is 0 Å². The van der Waals surface area contributed by atoms with Gasteiger partial charge in [0.1, 0.15) is 12.4 Å². The molecule has 7 heteroatoms. The van der Waals surface area contributed by atoms with E-state index >= 15 is 0 Å². The Morgan fingerprint density at radius 1 is 1.17 bits per heavy atom. The lowest BCUT2D eigenvalue weighted by Crippen LogP contribution is -2.37. The number of anilines is 2. The highest BCUT2D eigenvalue weighted by Crippen LogP contribution is 2.22. The van der Waals surface area contributed by atoms with Gasteiger partial charge in [0.2, 0.25) is 5.91 Å². The number of nitrogens with zero attached hydrogens (tertiary/aromatic N) is 3. The van der Waals surface area contributed by atoms with E-state index in [1.54, 1.807) is 53.6 Å². The lowest BCUT2D eigenvalue weighted by molar-refractivity contribution is -0.116. The monoisotopic (exact) mass is 330 g/mol. The number of carbonyl (C=O) groups is 2. The molecule has 1 aromatic carbocycles. The molecule has 0 aliphatic carbocycles. The summed E-state index contributed by atoms with van der Waals surface area (Å²) in [5.41, 5.74) is 0.770. The summed E-state index contributed by atoms with van der Waals surface area (Å²) in [6.45, 7) is 1.04. The third-order valence-electron chi connectivity index (χ3n) is 3.50. The molecule has 0 saturated carbocycles. The van der Waals surface area contributed by atoms with Crippen molar-refractivity contribution < 1.29 is 9.59 Å². The summed E-state index contributed by atoms with van der Waals surface area (Å²) in [5, 5.41) is 3.29. The van der Waals surface area contributed by atoms with Crippen LogP contribution in [0.4, 0.5) is 16.3 Å².